The van der Waals surface area contributed by atoms with Crippen LogP contribution in [0.5, 0.6) is 5.75 Å². The number of hydrogen-bond acceptors (Lipinski definition) is 2. The number of anilines is 1. The molecule has 0 radical (unpaired) electrons. The van der Waals surface area contributed by atoms with Crippen molar-refractivity contribution in [3.05, 3.63) is 58.7 Å². The van der Waals surface area contributed by atoms with Crippen LogP contribution in [-0.2, 0) is 11.8 Å². The normalized spacial score (nSPS) is 11.6. The molecule has 3 N–H and O–H groups in total. The minimum Gasteiger partial charge on any atom is -0.507 e. The molecule has 106 valence electrons. The van der Waals surface area contributed by atoms with Crippen LogP contribution in [0.2, 0.25) is 0 Å². The van der Waals surface area contributed by atoms with E-state index in [1.807, 2.05) is 24.3 Å². The Labute approximate surface area is 121 Å². The van der Waals surface area contributed by atoms with Gasteiger partial charge in [0.1, 0.15) is 5.75 Å². The summed E-state index contributed by atoms with van der Waals surface area (Å²) in [5, 5.41) is 10.5. The van der Waals surface area contributed by atoms with Gasteiger partial charge >= 0.3 is 0 Å². The molecule has 20 heavy (non-hydrogen) atoms. The summed E-state index contributed by atoms with van der Waals surface area (Å²) in [6.45, 7) is 8.43. The van der Waals surface area contributed by atoms with Gasteiger partial charge in [-0.25, -0.2) is 0 Å². The highest BCUT2D eigenvalue weighted by molar-refractivity contribution is 5.49. The third-order valence-electron chi connectivity index (χ3n) is 3.52. The molecular weight excluding hydrogens is 246 g/mol. The molecule has 0 spiro atoms. The summed E-state index contributed by atoms with van der Waals surface area (Å²) in [6, 6.07) is 11.9. The van der Waals surface area contributed by atoms with Gasteiger partial charge in [0.15, 0.2) is 0 Å². The van der Waals surface area contributed by atoms with Crippen molar-refractivity contribution in [2.75, 3.05) is 5.73 Å². The fourth-order valence-corrected chi connectivity index (χ4v) is 2.42. The third-order valence-corrected chi connectivity index (χ3v) is 3.52. The van der Waals surface area contributed by atoms with Gasteiger partial charge < -0.3 is 10.8 Å². The molecule has 2 aromatic rings. The summed E-state index contributed by atoms with van der Waals surface area (Å²) in [7, 11) is 0. The highest BCUT2D eigenvalue weighted by Crippen LogP contribution is 2.35. The first kappa shape index (κ1) is 14.4. The van der Waals surface area contributed by atoms with Crippen molar-refractivity contribution in [2.24, 2.45) is 0 Å². The summed E-state index contributed by atoms with van der Waals surface area (Å²) in [5.74, 6) is 0.417. The lowest BCUT2D eigenvalue weighted by Gasteiger charge is -2.23. The van der Waals surface area contributed by atoms with Crippen LogP contribution < -0.4 is 5.73 Å². The van der Waals surface area contributed by atoms with Crippen molar-refractivity contribution in [2.45, 2.75) is 39.5 Å². The number of rotatable bonds is 2. The van der Waals surface area contributed by atoms with E-state index in [4.69, 9.17) is 5.73 Å². The molecule has 2 heteroatoms. The predicted molar refractivity (Wildman–Crippen MR) is 85.2 cm³/mol. The van der Waals surface area contributed by atoms with E-state index in [1.165, 1.54) is 5.56 Å². The van der Waals surface area contributed by atoms with Gasteiger partial charge in [0, 0.05) is 12.1 Å². The van der Waals surface area contributed by atoms with Crippen molar-refractivity contribution in [3.63, 3.8) is 0 Å². The van der Waals surface area contributed by atoms with Gasteiger partial charge in [-0.2, -0.15) is 0 Å². The summed E-state index contributed by atoms with van der Waals surface area (Å²) >= 11 is 0. The van der Waals surface area contributed by atoms with E-state index < -0.39 is 0 Å². The lowest BCUT2D eigenvalue weighted by Crippen LogP contribution is -2.12. The van der Waals surface area contributed by atoms with Crippen molar-refractivity contribution >= 4 is 5.69 Å². The molecule has 0 unspecified atom stereocenters. The Hall–Kier alpha value is -1.96. The Morgan fingerprint density at radius 3 is 2.20 bits per heavy atom. The molecule has 0 aliphatic heterocycles. The molecule has 0 heterocycles. The maximum Gasteiger partial charge on any atom is 0.122 e. The topological polar surface area (TPSA) is 46.2 Å². The Kier molecular flexibility index (Phi) is 3.76. The van der Waals surface area contributed by atoms with Gasteiger partial charge in [-0.15, -0.1) is 0 Å². The molecule has 0 aromatic heterocycles. The lowest BCUT2D eigenvalue weighted by molar-refractivity contribution is 0.441. The van der Waals surface area contributed by atoms with Crippen molar-refractivity contribution in [3.8, 4) is 5.75 Å². The molecular formula is C18H23NO. The number of nitrogen functional groups attached to an aromatic ring is 1. The molecule has 0 aliphatic carbocycles. The Morgan fingerprint density at radius 1 is 1.05 bits per heavy atom. The van der Waals surface area contributed by atoms with Crippen molar-refractivity contribution in [1.82, 2.24) is 0 Å². The van der Waals surface area contributed by atoms with E-state index in [-0.39, 0.29) is 5.41 Å². The number of nitrogens with two attached hydrogens (primary N) is 1. The summed E-state index contributed by atoms with van der Waals surface area (Å²) in [6.07, 6.45) is 0.719. The Morgan fingerprint density at radius 2 is 1.65 bits per heavy atom. The Balaban J connectivity index is 2.42. The number of aromatic hydroxyl groups is 1. The highest BCUT2D eigenvalue weighted by Gasteiger charge is 2.20. The van der Waals surface area contributed by atoms with Crippen LogP contribution in [0.25, 0.3) is 0 Å². The number of phenolic OH excluding ortho intramolecular Hbond substituents is 1. The van der Waals surface area contributed by atoms with E-state index in [2.05, 4.69) is 39.8 Å². The zero-order valence-electron chi connectivity index (χ0n) is 12.7. The van der Waals surface area contributed by atoms with Gasteiger partial charge in [-0.1, -0.05) is 50.6 Å². The molecule has 2 aromatic carbocycles. The summed E-state index contributed by atoms with van der Waals surface area (Å²) in [5.41, 5.74) is 10.7. The first-order valence-corrected chi connectivity index (χ1v) is 6.95. The minimum absolute atomic E-state index is 0.0635. The molecule has 0 fully saturated rings. The molecule has 0 aliphatic rings. The molecule has 2 nitrogen and oxygen atoms in total. The van der Waals surface area contributed by atoms with E-state index in [0.29, 0.717) is 5.75 Å². The van der Waals surface area contributed by atoms with Crippen LogP contribution in [-0.4, -0.2) is 5.11 Å². The molecule has 0 saturated carbocycles. The number of aryl methyl sites for hydroxylation is 1. The fraction of sp³-hybridized carbons (Fsp3) is 0.333. The molecule has 0 saturated heterocycles. The van der Waals surface area contributed by atoms with Crippen LogP contribution in [0, 0.1) is 6.92 Å². The second-order valence-corrected chi connectivity index (χ2v) is 6.49. The van der Waals surface area contributed by atoms with E-state index in [9.17, 15) is 5.11 Å². The van der Waals surface area contributed by atoms with Crippen molar-refractivity contribution < 1.29 is 5.11 Å². The van der Waals surface area contributed by atoms with Gasteiger partial charge in [-0.05, 0) is 41.2 Å². The largest absolute Gasteiger partial charge is 0.507 e. The predicted octanol–water partition coefficient (Wildman–Crippen LogP) is 4.17. The minimum atomic E-state index is -0.0635. The maximum absolute atomic E-state index is 10.5. The third kappa shape index (κ3) is 3.13. The second kappa shape index (κ2) is 5.20. The molecule has 0 bridgehead atoms. The molecule has 0 amide bonds. The number of benzene rings is 2. The average Bonchev–Trinajstić information content (AvgIpc) is 2.35. The lowest BCUT2D eigenvalue weighted by atomic mass is 9.83. The number of phenols is 1. The first-order valence-electron chi connectivity index (χ1n) is 6.95. The zero-order chi connectivity index (χ0) is 14.9. The summed E-state index contributed by atoms with van der Waals surface area (Å²) < 4.78 is 0. The first-order chi connectivity index (χ1) is 9.27. The van der Waals surface area contributed by atoms with Gasteiger partial charge in [0.25, 0.3) is 0 Å². The van der Waals surface area contributed by atoms with Gasteiger partial charge in [0.2, 0.25) is 0 Å². The number of hydrogen-bond donors (Lipinski definition) is 2. The van der Waals surface area contributed by atoms with E-state index in [1.54, 1.807) is 0 Å². The van der Waals surface area contributed by atoms with Gasteiger partial charge in [-0.3, -0.25) is 0 Å². The Bertz CT molecular complexity index is 607. The highest BCUT2D eigenvalue weighted by atomic mass is 16.3. The van der Waals surface area contributed by atoms with Crippen LogP contribution in [0.3, 0.4) is 0 Å². The fourth-order valence-electron chi connectivity index (χ4n) is 2.42. The molecule has 2 rings (SSSR count). The zero-order valence-corrected chi connectivity index (χ0v) is 12.7. The quantitative estimate of drug-likeness (QED) is 0.804. The van der Waals surface area contributed by atoms with Crippen LogP contribution in [0.4, 0.5) is 5.69 Å². The van der Waals surface area contributed by atoms with E-state index >= 15 is 0 Å². The maximum atomic E-state index is 10.5. The smallest absolute Gasteiger partial charge is 0.122 e. The second-order valence-electron chi connectivity index (χ2n) is 6.49. The molecule has 0 atom stereocenters. The average molecular weight is 269 g/mol. The summed E-state index contributed by atoms with van der Waals surface area (Å²) in [4.78, 5) is 0. The van der Waals surface area contributed by atoms with Crippen LogP contribution in [0.1, 0.15) is 43.0 Å². The van der Waals surface area contributed by atoms with Crippen molar-refractivity contribution in [1.29, 1.82) is 0 Å². The standard InChI is InChI=1S/C18H23NO/c1-12-9-14(11-13-5-7-15(19)8-6-13)17(20)16(10-12)18(2,3)4/h5-10,20H,11,19H2,1-4H3. The van der Waals surface area contributed by atoms with Gasteiger partial charge in [0.05, 0.1) is 0 Å². The van der Waals surface area contributed by atoms with Crippen LogP contribution in [0.15, 0.2) is 36.4 Å². The monoisotopic (exact) mass is 269 g/mol. The SMILES string of the molecule is Cc1cc(Cc2ccc(N)cc2)c(O)c(C(C)(C)C)c1. The van der Waals surface area contributed by atoms with Crippen LogP contribution >= 0.6 is 0 Å². The van der Waals surface area contributed by atoms with E-state index in [0.717, 1.165) is 28.8 Å².